The highest BCUT2D eigenvalue weighted by atomic mass is 32.2. The van der Waals surface area contributed by atoms with Crippen LogP contribution < -0.4 is 0 Å². The Hall–Kier alpha value is -1.59. The van der Waals surface area contributed by atoms with E-state index in [0.29, 0.717) is 11.4 Å². The van der Waals surface area contributed by atoms with Gasteiger partial charge in [-0.05, 0) is 37.1 Å². The Balaban J connectivity index is 2.57. The van der Waals surface area contributed by atoms with E-state index in [-0.39, 0.29) is 0 Å². The van der Waals surface area contributed by atoms with Crippen LogP contribution in [0.3, 0.4) is 0 Å². The summed E-state index contributed by atoms with van der Waals surface area (Å²) in [5.41, 5.74) is 5.75. The van der Waals surface area contributed by atoms with Crippen molar-refractivity contribution in [2.75, 3.05) is 6.54 Å². The van der Waals surface area contributed by atoms with Crippen molar-refractivity contribution in [3.63, 3.8) is 0 Å². The van der Waals surface area contributed by atoms with Gasteiger partial charge in [0.1, 0.15) is 0 Å². The SMILES string of the molecule is C=C1C(C)=CCN(S(=O)(=O)c2ccc(C)cc2)/C1=C\[Si](C)(C)C. The molecule has 0 bridgehead atoms. The van der Waals surface area contributed by atoms with Crippen molar-refractivity contribution in [2.24, 2.45) is 0 Å². The van der Waals surface area contributed by atoms with Crippen LogP contribution in [0.4, 0.5) is 0 Å². The molecule has 1 aromatic rings. The Morgan fingerprint density at radius 1 is 1.13 bits per heavy atom. The average Bonchev–Trinajstić information content (AvgIpc) is 2.43. The van der Waals surface area contributed by atoms with Crippen LogP contribution in [0.2, 0.25) is 19.6 Å². The van der Waals surface area contributed by atoms with Crippen molar-refractivity contribution in [1.82, 2.24) is 4.31 Å². The van der Waals surface area contributed by atoms with Gasteiger partial charge in [0.2, 0.25) is 0 Å². The number of benzene rings is 1. The predicted octanol–water partition coefficient (Wildman–Crippen LogP) is 4.26. The molecule has 0 aliphatic carbocycles. The normalized spacial score (nSPS) is 18.3. The maximum Gasteiger partial charge on any atom is 0.264 e. The van der Waals surface area contributed by atoms with Crippen LogP contribution in [0.15, 0.2) is 64.4 Å². The molecule has 0 saturated heterocycles. The molecule has 0 spiro atoms. The lowest BCUT2D eigenvalue weighted by molar-refractivity contribution is 0.502. The minimum atomic E-state index is -3.57. The fourth-order valence-corrected chi connectivity index (χ4v) is 5.10. The molecular formula is C18H25NO2SSi. The molecular weight excluding hydrogens is 322 g/mol. The van der Waals surface area contributed by atoms with Crippen molar-refractivity contribution in [3.05, 3.63) is 65.0 Å². The smallest absolute Gasteiger partial charge is 0.263 e. The summed E-state index contributed by atoms with van der Waals surface area (Å²) in [4.78, 5) is 0.324. The summed E-state index contributed by atoms with van der Waals surface area (Å²) in [6, 6.07) is 7.00. The van der Waals surface area contributed by atoms with E-state index in [1.807, 2.05) is 32.1 Å². The van der Waals surface area contributed by atoms with Gasteiger partial charge < -0.3 is 0 Å². The zero-order valence-electron chi connectivity index (χ0n) is 14.6. The van der Waals surface area contributed by atoms with Gasteiger partial charge in [0.15, 0.2) is 0 Å². The van der Waals surface area contributed by atoms with E-state index < -0.39 is 18.1 Å². The van der Waals surface area contributed by atoms with E-state index in [2.05, 4.69) is 31.9 Å². The van der Waals surface area contributed by atoms with Gasteiger partial charge in [-0.3, -0.25) is 4.31 Å². The molecule has 0 amide bonds. The third kappa shape index (κ3) is 3.84. The van der Waals surface area contributed by atoms with Gasteiger partial charge in [0.25, 0.3) is 10.0 Å². The van der Waals surface area contributed by atoms with Crippen molar-refractivity contribution < 1.29 is 8.42 Å². The standard InChI is InChI=1S/C18H25NO2SSi/c1-14-7-9-17(10-8-14)22(20,21)19-12-11-15(2)16(3)18(19)13-23(4,5)6/h7-11,13H,3,12H2,1-2,4-6H3/b18-13-. The number of allylic oxidation sites excluding steroid dienone is 1. The second-order valence-electron chi connectivity index (χ2n) is 7.11. The van der Waals surface area contributed by atoms with Crippen molar-refractivity contribution in [3.8, 4) is 0 Å². The topological polar surface area (TPSA) is 37.4 Å². The Bertz CT molecular complexity index is 781. The van der Waals surface area contributed by atoms with E-state index >= 15 is 0 Å². The zero-order chi connectivity index (χ0) is 17.4. The number of rotatable bonds is 3. The minimum Gasteiger partial charge on any atom is -0.263 e. The predicted molar refractivity (Wildman–Crippen MR) is 99.4 cm³/mol. The Morgan fingerprint density at radius 3 is 2.22 bits per heavy atom. The monoisotopic (exact) mass is 347 g/mol. The quantitative estimate of drug-likeness (QED) is 0.766. The van der Waals surface area contributed by atoms with Crippen LogP contribution in [-0.4, -0.2) is 27.3 Å². The van der Waals surface area contributed by atoms with E-state index in [9.17, 15) is 8.42 Å². The summed E-state index contributed by atoms with van der Waals surface area (Å²) in [5, 5.41) is 0. The fraction of sp³-hybridized carbons (Fsp3) is 0.333. The third-order valence-corrected chi connectivity index (χ3v) is 6.73. The van der Waals surface area contributed by atoms with Gasteiger partial charge >= 0.3 is 0 Å². The molecule has 0 aromatic heterocycles. The number of aryl methyl sites for hydroxylation is 1. The molecule has 1 aliphatic rings. The summed E-state index contributed by atoms with van der Waals surface area (Å²) in [7, 11) is -5.18. The molecule has 0 N–H and O–H groups in total. The Morgan fingerprint density at radius 2 is 1.70 bits per heavy atom. The van der Waals surface area contributed by atoms with Crippen LogP contribution in [-0.2, 0) is 10.0 Å². The van der Waals surface area contributed by atoms with Crippen LogP contribution in [0.5, 0.6) is 0 Å². The summed E-state index contributed by atoms with van der Waals surface area (Å²) < 4.78 is 27.6. The average molecular weight is 348 g/mol. The van der Waals surface area contributed by atoms with Crippen LogP contribution in [0.25, 0.3) is 0 Å². The molecule has 124 valence electrons. The van der Waals surface area contributed by atoms with Gasteiger partial charge in [0, 0.05) is 0 Å². The number of nitrogens with zero attached hydrogens (tertiary/aromatic N) is 1. The number of hydrogen-bond acceptors (Lipinski definition) is 2. The summed E-state index contributed by atoms with van der Waals surface area (Å²) in [6.07, 6.45) is 1.93. The third-order valence-electron chi connectivity index (χ3n) is 3.80. The van der Waals surface area contributed by atoms with Gasteiger partial charge in [-0.25, -0.2) is 8.42 Å². The molecule has 0 atom stereocenters. The maximum absolute atomic E-state index is 13.1. The Labute approximate surface area is 141 Å². The Kier molecular flexibility index (Phi) is 4.73. The molecule has 2 rings (SSSR count). The first kappa shape index (κ1) is 17.8. The molecule has 0 saturated carbocycles. The van der Waals surface area contributed by atoms with Crippen molar-refractivity contribution >= 4 is 18.1 Å². The molecule has 3 nitrogen and oxygen atoms in total. The van der Waals surface area contributed by atoms with E-state index in [1.165, 1.54) is 4.31 Å². The lowest BCUT2D eigenvalue weighted by Crippen LogP contribution is -2.36. The number of sulfonamides is 1. The van der Waals surface area contributed by atoms with Gasteiger partial charge in [-0.2, -0.15) is 0 Å². The first-order chi connectivity index (χ1) is 10.5. The summed E-state index contributed by atoms with van der Waals surface area (Å²) >= 11 is 0. The largest absolute Gasteiger partial charge is 0.264 e. The van der Waals surface area contributed by atoms with E-state index in [0.717, 1.165) is 22.4 Å². The highest BCUT2D eigenvalue weighted by molar-refractivity contribution is 7.89. The molecule has 23 heavy (non-hydrogen) atoms. The first-order valence-electron chi connectivity index (χ1n) is 7.71. The molecule has 5 heteroatoms. The minimum absolute atomic E-state index is 0.324. The fourth-order valence-electron chi connectivity index (χ4n) is 2.43. The summed E-state index contributed by atoms with van der Waals surface area (Å²) in [6.45, 7) is 15.0. The second-order valence-corrected chi connectivity index (χ2v) is 14.0. The number of hydrogen-bond donors (Lipinski definition) is 0. The second kappa shape index (κ2) is 6.13. The van der Waals surface area contributed by atoms with Crippen molar-refractivity contribution in [1.29, 1.82) is 0 Å². The van der Waals surface area contributed by atoms with E-state index in [1.54, 1.807) is 12.1 Å². The van der Waals surface area contributed by atoms with Crippen LogP contribution >= 0.6 is 0 Å². The highest BCUT2D eigenvalue weighted by Gasteiger charge is 2.31. The van der Waals surface area contributed by atoms with Gasteiger partial charge in [-0.1, -0.05) is 55.7 Å². The lowest BCUT2D eigenvalue weighted by Gasteiger charge is -2.32. The zero-order valence-corrected chi connectivity index (χ0v) is 16.4. The molecule has 0 unspecified atom stereocenters. The van der Waals surface area contributed by atoms with Crippen LogP contribution in [0.1, 0.15) is 12.5 Å². The molecule has 0 radical (unpaired) electrons. The molecule has 1 aromatic carbocycles. The van der Waals surface area contributed by atoms with E-state index in [4.69, 9.17) is 0 Å². The molecule has 1 heterocycles. The molecule has 1 aliphatic heterocycles. The highest BCUT2D eigenvalue weighted by Crippen LogP contribution is 2.32. The van der Waals surface area contributed by atoms with Gasteiger partial charge in [0.05, 0.1) is 25.2 Å². The summed E-state index contributed by atoms with van der Waals surface area (Å²) in [5.74, 6) is 0. The maximum atomic E-state index is 13.1. The van der Waals surface area contributed by atoms with Crippen LogP contribution in [0, 0.1) is 6.92 Å². The first-order valence-corrected chi connectivity index (χ1v) is 12.7. The van der Waals surface area contributed by atoms with Gasteiger partial charge in [-0.15, -0.1) is 0 Å². The lowest BCUT2D eigenvalue weighted by atomic mass is 10.0. The van der Waals surface area contributed by atoms with Crippen molar-refractivity contribution in [2.45, 2.75) is 38.4 Å². The molecule has 0 fully saturated rings.